The van der Waals surface area contributed by atoms with Crippen LogP contribution in [0.2, 0.25) is 0 Å². The minimum absolute atomic E-state index is 0.0429. The number of nitrogens with zero attached hydrogens (tertiary/aromatic N) is 4. The molecule has 0 bridgehead atoms. The number of aliphatic hydroxyl groups excluding tert-OH is 1. The predicted octanol–water partition coefficient (Wildman–Crippen LogP) is 5.27. The number of aliphatic hydroxyl groups is 1. The van der Waals surface area contributed by atoms with Crippen molar-refractivity contribution in [2.45, 2.75) is 77.8 Å². The number of hydrogen-bond donors (Lipinski definition) is 1. The first kappa shape index (κ1) is 28.6. The van der Waals surface area contributed by atoms with Crippen LogP contribution in [-0.4, -0.2) is 74.4 Å². The zero-order valence-corrected chi connectivity index (χ0v) is 24.5. The van der Waals surface area contributed by atoms with Crippen molar-refractivity contribution in [1.29, 1.82) is 0 Å². The zero-order chi connectivity index (χ0) is 27.7. The minimum Gasteiger partial charge on any atom is -0.472 e. The largest absolute Gasteiger partial charge is 0.472 e. The minimum atomic E-state index is -0.808. The third-order valence-electron chi connectivity index (χ3n) is 6.32. The molecule has 2 aliphatic rings. The molecule has 0 saturated carbocycles. The average Bonchev–Trinajstić information content (AvgIpc) is 3.61. The summed E-state index contributed by atoms with van der Waals surface area (Å²) < 4.78 is 17.4. The molecule has 2 aromatic heterocycles. The summed E-state index contributed by atoms with van der Waals surface area (Å²) in [6.07, 6.45) is 2.97. The highest BCUT2D eigenvalue weighted by Crippen LogP contribution is 2.40. The van der Waals surface area contributed by atoms with E-state index in [1.165, 1.54) is 22.7 Å². The highest BCUT2D eigenvalue weighted by molar-refractivity contribution is 7.13. The fraction of sp³-hybridized carbons (Fsp3) is 0.692. The maximum atomic E-state index is 12.6. The molecule has 12 heteroatoms. The molecule has 2 aliphatic heterocycles. The van der Waals surface area contributed by atoms with Gasteiger partial charge in [-0.05, 0) is 54.4 Å². The van der Waals surface area contributed by atoms with Crippen molar-refractivity contribution in [2.75, 3.05) is 26.2 Å². The third-order valence-corrected chi connectivity index (χ3v) is 8.12. The number of likely N-dealkylation sites (tertiary alicyclic amines) is 2. The molecule has 1 N–H and O–H groups in total. The fourth-order valence-electron chi connectivity index (χ4n) is 4.58. The van der Waals surface area contributed by atoms with Crippen molar-refractivity contribution in [2.24, 2.45) is 11.8 Å². The van der Waals surface area contributed by atoms with Gasteiger partial charge in [0.15, 0.2) is 11.2 Å². The quantitative estimate of drug-likeness (QED) is 0.503. The Balaban J connectivity index is 1.39. The van der Waals surface area contributed by atoms with Gasteiger partial charge < -0.3 is 29.1 Å². The Hall–Kier alpha value is -2.44. The number of carbonyl (C=O) groups excluding carboxylic acids is 2. The van der Waals surface area contributed by atoms with E-state index in [0.29, 0.717) is 42.7 Å². The predicted molar refractivity (Wildman–Crippen MR) is 144 cm³/mol. The molecule has 10 nitrogen and oxygen atoms in total. The number of thiazole rings is 2. The second kappa shape index (κ2) is 11.4. The lowest BCUT2D eigenvalue weighted by Gasteiger charge is -2.25. The monoisotopic (exact) mass is 566 g/mol. The maximum absolute atomic E-state index is 12.6. The number of hydrogen-bond acceptors (Lipinski definition) is 10. The zero-order valence-electron chi connectivity index (χ0n) is 22.9. The molecule has 38 heavy (non-hydrogen) atoms. The smallest absolute Gasteiger partial charge is 0.410 e. The summed E-state index contributed by atoms with van der Waals surface area (Å²) >= 11 is 2.81. The van der Waals surface area contributed by atoms with Crippen LogP contribution in [0.4, 0.5) is 9.59 Å². The summed E-state index contributed by atoms with van der Waals surface area (Å²) in [5.74, 6) is -0.0881. The fourth-order valence-corrected chi connectivity index (χ4v) is 6.22. The molecule has 2 fully saturated rings. The molecular weight excluding hydrogens is 528 g/mol. The molecule has 4 atom stereocenters. The van der Waals surface area contributed by atoms with Crippen LogP contribution in [0.1, 0.15) is 76.6 Å². The van der Waals surface area contributed by atoms with Gasteiger partial charge in [-0.15, -0.1) is 11.3 Å². The van der Waals surface area contributed by atoms with Crippen molar-refractivity contribution in [3.05, 3.63) is 27.8 Å². The van der Waals surface area contributed by atoms with Crippen LogP contribution in [0.25, 0.3) is 0 Å². The molecule has 0 radical (unpaired) electrons. The summed E-state index contributed by atoms with van der Waals surface area (Å²) in [5.41, 5.74) is -1.12. The molecule has 0 aromatic carbocycles. The van der Waals surface area contributed by atoms with E-state index in [2.05, 4.69) is 9.97 Å². The molecule has 2 amide bonds. The van der Waals surface area contributed by atoms with Gasteiger partial charge >= 0.3 is 12.2 Å². The highest BCUT2D eigenvalue weighted by Gasteiger charge is 2.38. The van der Waals surface area contributed by atoms with Gasteiger partial charge in [-0.25, -0.2) is 19.6 Å². The van der Waals surface area contributed by atoms with Gasteiger partial charge in [0.05, 0.1) is 6.20 Å². The number of ether oxygens (including phenoxy) is 3. The summed E-state index contributed by atoms with van der Waals surface area (Å²) in [6.45, 7) is 13.1. The van der Waals surface area contributed by atoms with Gasteiger partial charge in [-0.3, -0.25) is 0 Å². The van der Waals surface area contributed by atoms with Crippen LogP contribution in [0, 0.1) is 11.8 Å². The van der Waals surface area contributed by atoms with Gasteiger partial charge in [-0.1, -0.05) is 11.3 Å². The Morgan fingerprint density at radius 2 is 1.53 bits per heavy atom. The Morgan fingerprint density at radius 3 is 2.08 bits per heavy atom. The van der Waals surface area contributed by atoms with Gasteiger partial charge in [0.25, 0.3) is 0 Å². The molecule has 0 aliphatic carbocycles. The Morgan fingerprint density at radius 1 is 0.947 bits per heavy atom. The molecule has 4 rings (SSSR count). The van der Waals surface area contributed by atoms with E-state index >= 15 is 0 Å². The van der Waals surface area contributed by atoms with Crippen LogP contribution < -0.4 is 4.74 Å². The summed E-state index contributed by atoms with van der Waals surface area (Å²) in [7, 11) is 0. The van der Waals surface area contributed by atoms with Crippen molar-refractivity contribution >= 4 is 34.9 Å². The standard InChI is InChI=1S/C26H38N4O6S2/c1-25(2,3)35-23(32)29-10-7-16(14-29)19(31)21-28-13-18(38-21)34-20(22-27-9-12-37-22)17-8-11-30(15-17)24(33)36-26(4,5)6/h9,12-13,16-17,19-20,31H,7-8,10-11,14-15H2,1-6H3. The Labute approximate surface area is 231 Å². The van der Waals surface area contributed by atoms with Crippen molar-refractivity contribution in [3.63, 3.8) is 0 Å². The lowest BCUT2D eigenvalue weighted by atomic mass is 10.0. The molecule has 2 saturated heterocycles. The maximum Gasteiger partial charge on any atom is 0.410 e. The first-order chi connectivity index (χ1) is 17.8. The summed E-state index contributed by atoms with van der Waals surface area (Å²) in [4.78, 5) is 37.3. The summed E-state index contributed by atoms with van der Waals surface area (Å²) in [6, 6.07) is 0. The van der Waals surface area contributed by atoms with Crippen molar-refractivity contribution in [1.82, 2.24) is 19.8 Å². The SMILES string of the molecule is CC(C)(C)OC(=O)N1CCC(C(O)c2ncc(OC(c3nccs3)C3CCN(C(=O)OC(C)(C)C)C3)s2)C1. The van der Waals surface area contributed by atoms with Gasteiger partial charge in [-0.2, -0.15) is 0 Å². The second-order valence-corrected chi connectivity index (χ2v) is 13.8. The van der Waals surface area contributed by atoms with Crippen LogP contribution >= 0.6 is 22.7 Å². The van der Waals surface area contributed by atoms with E-state index in [4.69, 9.17) is 14.2 Å². The topological polar surface area (TPSA) is 114 Å². The Bertz CT molecular complexity index is 1090. The molecule has 4 unspecified atom stereocenters. The lowest BCUT2D eigenvalue weighted by Crippen LogP contribution is -2.36. The normalized spacial score (nSPS) is 21.9. The Kier molecular flexibility index (Phi) is 8.53. The van der Waals surface area contributed by atoms with E-state index in [1.54, 1.807) is 22.2 Å². The van der Waals surface area contributed by atoms with E-state index < -0.39 is 17.3 Å². The highest BCUT2D eigenvalue weighted by atomic mass is 32.1. The molecule has 4 heterocycles. The van der Waals surface area contributed by atoms with Crippen molar-refractivity contribution in [3.8, 4) is 5.06 Å². The van der Waals surface area contributed by atoms with Gasteiger partial charge in [0.2, 0.25) is 0 Å². The lowest BCUT2D eigenvalue weighted by molar-refractivity contribution is 0.0259. The number of amides is 2. The van der Waals surface area contributed by atoms with E-state index in [-0.39, 0.29) is 30.1 Å². The first-order valence-electron chi connectivity index (χ1n) is 12.9. The number of carbonyl (C=O) groups is 2. The molecular formula is C26H38N4O6S2. The van der Waals surface area contributed by atoms with Gasteiger partial charge in [0.1, 0.15) is 27.3 Å². The van der Waals surface area contributed by atoms with E-state index in [0.717, 1.165) is 11.4 Å². The van der Waals surface area contributed by atoms with Crippen LogP contribution in [-0.2, 0) is 9.47 Å². The van der Waals surface area contributed by atoms with E-state index in [1.807, 2.05) is 46.9 Å². The molecule has 0 spiro atoms. The summed E-state index contributed by atoms with van der Waals surface area (Å²) in [5, 5.41) is 14.9. The van der Waals surface area contributed by atoms with Gasteiger partial charge in [0, 0.05) is 49.6 Å². The molecule has 2 aromatic rings. The van der Waals surface area contributed by atoms with E-state index in [9.17, 15) is 14.7 Å². The third kappa shape index (κ3) is 7.35. The van der Waals surface area contributed by atoms with Crippen LogP contribution in [0.5, 0.6) is 5.06 Å². The van der Waals surface area contributed by atoms with Crippen LogP contribution in [0.3, 0.4) is 0 Å². The first-order valence-corrected chi connectivity index (χ1v) is 14.6. The number of aromatic nitrogens is 2. The number of rotatable bonds is 6. The average molecular weight is 567 g/mol. The molecule has 210 valence electrons. The van der Waals surface area contributed by atoms with Crippen LogP contribution in [0.15, 0.2) is 17.8 Å². The second-order valence-electron chi connectivity index (χ2n) is 11.8. The van der Waals surface area contributed by atoms with Crippen molar-refractivity contribution < 1.29 is 28.9 Å².